The third-order valence-corrected chi connectivity index (χ3v) is 3.14. The Hall–Kier alpha value is -0.760. The molecule has 1 aromatic rings. The zero-order chi connectivity index (χ0) is 12.7. The predicted molar refractivity (Wildman–Crippen MR) is 73.1 cm³/mol. The lowest BCUT2D eigenvalue weighted by molar-refractivity contribution is 0.253. The maximum Gasteiger partial charge on any atom is 0.104 e. The summed E-state index contributed by atoms with van der Waals surface area (Å²) < 4.78 is 5.48. The highest BCUT2D eigenvalue weighted by molar-refractivity contribution is 5.02. The van der Waals surface area contributed by atoms with Gasteiger partial charge in [-0.2, -0.15) is 0 Å². The Morgan fingerprint density at radius 3 is 2.71 bits per heavy atom. The minimum atomic E-state index is 0.307. The molecule has 0 spiro atoms. The maximum atomic E-state index is 5.48. The smallest absolute Gasteiger partial charge is 0.104 e. The van der Waals surface area contributed by atoms with E-state index in [0.717, 1.165) is 25.3 Å². The highest BCUT2D eigenvalue weighted by atomic mass is 16.3. The van der Waals surface area contributed by atoms with E-state index >= 15 is 0 Å². The summed E-state index contributed by atoms with van der Waals surface area (Å²) in [6.07, 6.45) is 5.25. The average Bonchev–Trinajstić information content (AvgIpc) is 2.69. The van der Waals surface area contributed by atoms with Crippen LogP contribution < -0.4 is 5.32 Å². The highest BCUT2D eigenvalue weighted by Gasteiger charge is 2.24. The summed E-state index contributed by atoms with van der Waals surface area (Å²) in [7, 11) is 0. The molecule has 0 bridgehead atoms. The Balaban J connectivity index is 2.49. The van der Waals surface area contributed by atoms with E-state index in [0.29, 0.717) is 11.3 Å². The normalized spacial score (nSPS) is 15.1. The molecule has 0 amide bonds. The summed E-state index contributed by atoms with van der Waals surface area (Å²) in [5, 5.41) is 3.58. The van der Waals surface area contributed by atoms with Gasteiger partial charge in [-0.15, -0.1) is 0 Å². The van der Waals surface area contributed by atoms with Crippen LogP contribution in [0.25, 0.3) is 0 Å². The number of hydrogen-bond acceptors (Lipinski definition) is 2. The number of furan rings is 1. The first-order valence-corrected chi connectivity index (χ1v) is 6.79. The van der Waals surface area contributed by atoms with E-state index in [-0.39, 0.29) is 0 Å². The van der Waals surface area contributed by atoms with Crippen LogP contribution >= 0.6 is 0 Å². The number of hydrogen-bond donors (Lipinski definition) is 1. The van der Waals surface area contributed by atoms with Crippen LogP contribution in [0, 0.1) is 11.3 Å². The van der Waals surface area contributed by atoms with Gasteiger partial charge in [0.1, 0.15) is 5.76 Å². The van der Waals surface area contributed by atoms with Crippen molar-refractivity contribution in [1.29, 1.82) is 0 Å². The van der Waals surface area contributed by atoms with Gasteiger partial charge in [0.2, 0.25) is 0 Å². The summed E-state index contributed by atoms with van der Waals surface area (Å²) in [6.45, 7) is 11.3. The molecule has 1 unspecified atom stereocenters. The van der Waals surface area contributed by atoms with Gasteiger partial charge in [-0.25, -0.2) is 0 Å². The summed E-state index contributed by atoms with van der Waals surface area (Å²) in [5.41, 5.74) is 0.307. The topological polar surface area (TPSA) is 25.2 Å². The van der Waals surface area contributed by atoms with E-state index in [1.54, 1.807) is 6.26 Å². The van der Waals surface area contributed by atoms with Crippen molar-refractivity contribution in [2.75, 3.05) is 13.1 Å². The van der Waals surface area contributed by atoms with E-state index in [9.17, 15) is 0 Å². The first kappa shape index (κ1) is 14.3. The second kappa shape index (κ2) is 6.85. The fourth-order valence-electron chi connectivity index (χ4n) is 2.34. The quantitative estimate of drug-likeness (QED) is 0.742. The van der Waals surface area contributed by atoms with Crippen LogP contribution in [0.2, 0.25) is 0 Å². The Morgan fingerprint density at radius 2 is 2.18 bits per heavy atom. The molecule has 1 atom stereocenters. The van der Waals surface area contributed by atoms with Gasteiger partial charge < -0.3 is 9.73 Å². The molecule has 0 fully saturated rings. The van der Waals surface area contributed by atoms with Crippen molar-refractivity contribution in [2.24, 2.45) is 11.3 Å². The minimum Gasteiger partial charge on any atom is -0.469 e. The molecule has 0 aliphatic rings. The molecular formula is C15H27NO. The molecule has 98 valence electrons. The van der Waals surface area contributed by atoms with E-state index in [4.69, 9.17) is 4.42 Å². The molecule has 2 heteroatoms. The molecule has 1 rings (SSSR count). The van der Waals surface area contributed by atoms with E-state index in [1.165, 1.54) is 12.8 Å². The average molecular weight is 237 g/mol. The summed E-state index contributed by atoms with van der Waals surface area (Å²) >= 11 is 0. The molecule has 0 aliphatic heterocycles. The summed E-state index contributed by atoms with van der Waals surface area (Å²) in [6, 6.07) is 4.06. The third-order valence-electron chi connectivity index (χ3n) is 3.14. The third kappa shape index (κ3) is 5.40. The van der Waals surface area contributed by atoms with Crippen molar-refractivity contribution in [3.05, 3.63) is 24.2 Å². The van der Waals surface area contributed by atoms with Crippen molar-refractivity contribution < 1.29 is 4.42 Å². The van der Waals surface area contributed by atoms with Crippen molar-refractivity contribution >= 4 is 0 Å². The van der Waals surface area contributed by atoms with Crippen molar-refractivity contribution in [3.63, 3.8) is 0 Å². The molecule has 1 aromatic heterocycles. The molecule has 2 nitrogen and oxygen atoms in total. The lowest BCUT2D eigenvalue weighted by Gasteiger charge is -2.29. The Kier molecular flexibility index (Phi) is 5.76. The molecule has 1 heterocycles. The number of rotatable bonds is 8. The standard InChI is InChI=1S/C15H27NO/c1-5-8-15(4,12-16-11-13(2)3)10-14-7-6-9-17-14/h6-7,9,13,16H,5,8,10-12H2,1-4H3. The Labute approximate surface area is 106 Å². The first-order valence-electron chi connectivity index (χ1n) is 6.79. The van der Waals surface area contributed by atoms with Gasteiger partial charge in [0.05, 0.1) is 6.26 Å². The predicted octanol–water partition coefficient (Wildman–Crippen LogP) is 3.87. The largest absolute Gasteiger partial charge is 0.469 e. The van der Waals surface area contributed by atoms with Gasteiger partial charge in [0.15, 0.2) is 0 Å². The van der Waals surface area contributed by atoms with E-state index in [2.05, 4.69) is 39.1 Å². The maximum absolute atomic E-state index is 5.48. The zero-order valence-electron chi connectivity index (χ0n) is 11.8. The van der Waals surface area contributed by atoms with Crippen LogP contribution in [-0.4, -0.2) is 13.1 Å². The van der Waals surface area contributed by atoms with Crippen molar-refractivity contribution in [1.82, 2.24) is 5.32 Å². The summed E-state index contributed by atoms with van der Waals surface area (Å²) in [4.78, 5) is 0. The lowest BCUT2D eigenvalue weighted by Crippen LogP contribution is -2.35. The van der Waals surface area contributed by atoms with Gasteiger partial charge in [0.25, 0.3) is 0 Å². The van der Waals surface area contributed by atoms with E-state index < -0.39 is 0 Å². The van der Waals surface area contributed by atoms with Crippen LogP contribution in [0.4, 0.5) is 0 Å². The molecule has 17 heavy (non-hydrogen) atoms. The van der Waals surface area contributed by atoms with Gasteiger partial charge in [-0.05, 0) is 36.4 Å². The second-order valence-corrected chi connectivity index (χ2v) is 5.84. The van der Waals surface area contributed by atoms with Gasteiger partial charge in [-0.3, -0.25) is 0 Å². The summed E-state index contributed by atoms with van der Waals surface area (Å²) in [5.74, 6) is 1.82. The van der Waals surface area contributed by atoms with Gasteiger partial charge in [0, 0.05) is 13.0 Å². The molecule has 0 saturated heterocycles. The molecule has 0 aromatic carbocycles. The Bertz CT molecular complexity index is 292. The van der Waals surface area contributed by atoms with Crippen LogP contribution in [0.5, 0.6) is 0 Å². The SMILES string of the molecule is CCCC(C)(CNCC(C)C)Cc1ccco1. The van der Waals surface area contributed by atoms with Gasteiger partial charge in [-0.1, -0.05) is 34.1 Å². The van der Waals surface area contributed by atoms with Crippen LogP contribution in [0.3, 0.4) is 0 Å². The Morgan fingerprint density at radius 1 is 1.41 bits per heavy atom. The van der Waals surface area contributed by atoms with E-state index in [1.807, 2.05) is 6.07 Å². The van der Waals surface area contributed by atoms with Crippen LogP contribution in [0.15, 0.2) is 22.8 Å². The molecule has 1 N–H and O–H groups in total. The van der Waals surface area contributed by atoms with Crippen molar-refractivity contribution in [3.8, 4) is 0 Å². The van der Waals surface area contributed by atoms with Crippen LogP contribution in [-0.2, 0) is 6.42 Å². The molecular weight excluding hydrogens is 210 g/mol. The molecule has 0 aliphatic carbocycles. The fraction of sp³-hybridized carbons (Fsp3) is 0.733. The fourth-order valence-corrected chi connectivity index (χ4v) is 2.34. The lowest BCUT2D eigenvalue weighted by atomic mass is 9.81. The minimum absolute atomic E-state index is 0.307. The second-order valence-electron chi connectivity index (χ2n) is 5.84. The number of nitrogens with one attached hydrogen (secondary N) is 1. The highest BCUT2D eigenvalue weighted by Crippen LogP contribution is 2.27. The monoisotopic (exact) mass is 237 g/mol. The first-order chi connectivity index (χ1) is 8.06. The van der Waals surface area contributed by atoms with Gasteiger partial charge >= 0.3 is 0 Å². The molecule has 0 radical (unpaired) electrons. The zero-order valence-corrected chi connectivity index (χ0v) is 11.8. The molecule has 0 saturated carbocycles. The van der Waals surface area contributed by atoms with Crippen LogP contribution in [0.1, 0.15) is 46.3 Å². The van der Waals surface area contributed by atoms with Crippen molar-refractivity contribution in [2.45, 2.75) is 47.0 Å².